The molecule has 5 heterocycles. The molecule has 3 aromatic heterocycles. The molecule has 2 aromatic carbocycles. The quantitative estimate of drug-likeness (QED) is 0.193. The number of rotatable bonds is 8. The van der Waals surface area contributed by atoms with Gasteiger partial charge in [0.15, 0.2) is 0 Å². The van der Waals surface area contributed by atoms with Crippen LogP contribution in [0.1, 0.15) is 42.1 Å². The van der Waals surface area contributed by atoms with Crippen LogP contribution in [-0.4, -0.2) is 32.9 Å². The van der Waals surface area contributed by atoms with Crippen molar-refractivity contribution in [3.63, 3.8) is 0 Å². The van der Waals surface area contributed by atoms with Crippen LogP contribution in [0.25, 0.3) is 33.4 Å². The number of pyridine rings is 2. The summed E-state index contributed by atoms with van der Waals surface area (Å²) in [5.41, 5.74) is 12.3. The maximum Gasteiger partial charge on any atom is 0.116 e. The highest BCUT2D eigenvalue weighted by Crippen LogP contribution is 2.39. The van der Waals surface area contributed by atoms with Gasteiger partial charge in [-0.2, -0.15) is 5.10 Å². The molecule has 5 aromatic rings. The van der Waals surface area contributed by atoms with Crippen molar-refractivity contribution in [3.05, 3.63) is 119 Å². The topological polar surface area (TPSA) is 90.9 Å². The summed E-state index contributed by atoms with van der Waals surface area (Å²) in [5, 5.41) is 16.5. The van der Waals surface area contributed by atoms with Gasteiger partial charge in [0.05, 0.1) is 28.8 Å². The van der Waals surface area contributed by atoms with E-state index in [-0.39, 0.29) is 0 Å². The first-order valence-corrected chi connectivity index (χ1v) is 14.6. The first kappa shape index (κ1) is 26.0. The number of nitrogens with one attached hydrogen (secondary N) is 3. The Hall–Kier alpha value is -4.88. The van der Waals surface area contributed by atoms with Crippen molar-refractivity contribution >= 4 is 34.1 Å². The van der Waals surface area contributed by atoms with Crippen LogP contribution >= 0.6 is 0 Å². The first-order chi connectivity index (χ1) is 20.8. The highest BCUT2D eigenvalue weighted by molar-refractivity contribution is 5.97. The Morgan fingerprint density at radius 1 is 1.00 bits per heavy atom. The molecule has 42 heavy (non-hydrogen) atoms. The minimum absolute atomic E-state index is 0.347. The standard InChI is InChI=1S/C35H33N7/c1-2-25-15-28-30(31-10-6-7-13-39-31)21-38-22-33(28)40-34(25)35-29-16-26(11-12-32(29)41-42-35)27-14-24(19-37-20-27)18-36-17-23-8-4-3-5-9-23/h3-13,16,19-22,24,36,40H,2,14-15,17-18H2,1H3,(H,41,42). The molecule has 1 unspecified atom stereocenters. The molecule has 7 heteroatoms. The van der Waals surface area contributed by atoms with E-state index in [4.69, 9.17) is 5.10 Å². The Balaban J connectivity index is 1.14. The second kappa shape index (κ2) is 11.5. The van der Waals surface area contributed by atoms with E-state index in [1.807, 2.05) is 43.0 Å². The Bertz CT molecular complexity index is 1820. The number of benzene rings is 2. The fourth-order valence-electron chi connectivity index (χ4n) is 5.94. The lowest BCUT2D eigenvalue weighted by atomic mass is 9.90. The van der Waals surface area contributed by atoms with Gasteiger partial charge >= 0.3 is 0 Å². The second-order valence-electron chi connectivity index (χ2n) is 10.9. The van der Waals surface area contributed by atoms with Gasteiger partial charge in [-0.3, -0.25) is 20.1 Å². The van der Waals surface area contributed by atoms with Crippen LogP contribution in [0.5, 0.6) is 0 Å². The van der Waals surface area contributed by atoms with Crippen LogP contribution in [0.3, 0.4) is 0 Å². The van der Waals surface area contributed by atoms with E-state index in [1.54, 1.807) is 0 Å². The maximum atomic E-state index is 4.80. The number of fused-ring (bicyclic) bond motifs is 2. The van der Waals surface area contributed by atoms with E-state index in [1.165, 1.54) is 27.8 Å². The number of hydrogen-bond acceptors (Lipinski definition) is 6. The molecule has 2 aliphatic heterocycles. The van der Waals surface area contributed by atoms with Crippen molar-refractivity contribution in [3.8, 4) is 11.3 Å². The molecule has 0 amide bonds. The summed E-state index contributed by atoms with van der Waals surface area (Å²) < 4.78 is 0. The molecule has 3 N–H and O–H groups in total. The maximum absolute atomic E-state index is 4.80. The lowest BCUT2D eigenvalue weighted by Crippen LogP contribution is -2.24. The third kappa shape index (κ3) is 5.15. The molecule has 0 radical (unpaired) electrons. The molecule has 7 nitrogen and oxygen atoms in total. The largest absolute Gasteiger partial charge is 0.352 e. The predicted octanol–water partition coefficient (Wildman–Crippen LogP) is 7.03. The van der Waals surface area contributed by atoms with Gasteiger partial charge in [0.25, 0.3) is 0 Å². The average molecular weight is 552 g/mol. The van der Waals surface area contributed by atoms with Crippen molar-refractivity contribution in [2.24, 2.45) is 10.9 Å². The molecular formula is C35H33N7. The van der Waals surface area contributed by atoms with Crippen LogP contribution in [0, 0.1) is 5.92 Å². The molecule has 0 fully saturated rings. The van der Waals surface area contributed by atoms with E-state index in [2.05, 4.69) is 92.4 Å². The molecule has 0 saturated carbocycles. The molecular weight excluding hydrogens is 518 g/mol. The number of hydrogen-bond donors (Lipinski definition) is 3. The van der Waals surface area contributed by atoms with Crippen LogP contribution in [0.15, 0.2) is 102 Å². The summed E-state index contributed by atoms with van der Waals surface area (Å²) in [6.45, 7) is 3.96. The van der Waals surface area contributed by atoms with E-state index >= 15 is 0 Å². The molecule has 7 rings (SSSR count). The van der Waals surface area contributed by atoms with Gasteiger partial charge in [-0.25, -0.2) is 0 Å². The molecule has 0 bridgehead atoms. The van der Waals surface area contributed by atoms with Crippen LogP contribution in [-0.2, 0) is 13.0 Å². The van der Waals surface area contributed by atoms with E-state index in [0.717, 1.165) is 71.6 Å². The lowest BCUT2D eigenvalue weighted by molar-refractivity contribution is 0.594. The van der Waals surface area contributed by atoms with Crippen molar-refractivity contribution in [2.75, 3.05) is 11.9 Å². The highest BCUT2D eigenvalue weighted by atomic mass is 15.1. The molecule has 1 atom stereocenters. The van der Waals surface area contributed by atoms with Crippen molar-refractivity contribution in [1.29, 1.82) is 0 Å². The third-order valence-electron chi connectivity index (χ3n) is 8.19. The fraction of sp³-hybridized carbons (Fsp3) is 0.200. The minimum Gasteiger partial charge on any atom is -0.352 e. The van der Waals surface area contributed by atoms with Crippen molar-refractivity contribution < 1.29 is 0 Å². The Morgan fingerprint density at radius 3 is 2.76 bits per heavy atom. The summed E-state index contributed by atoms with van der Waals surface area (Å²) in [6.07, 6.45) is 12.4. The van der Waals surface area contributed by atoms with Gasteiger partial charge in [-0.15, -0.1) is 0 Å². The van der Waals surface area contributed by atoms with Crippen molar-refractivity contribution in [2.45, 2.75) is 32.7 Å². The fourth-order valence-corrected chi connectivity index (χ4v) is 5.94. The summed E-state index contributed by atoms with van der Waals surface area (Å²) in [5.74, 6) is 0.347. The molecule has 0 spiro atoms. The summed E-state index contributed by atoms with van der Waals surface area (Å²) in [7, 11) is 0. The van der Waals surface area contributed by atoms with E-state index in [0.29, 0.717) is 5.92 Å². The highest BCUT2D eigenvalue weighted by Gasteiger charge is 2.25. The number of aromatic nitrogens is 4. The Morgan fingerprint density at radius 2 is 1.90 bits per heavy atom. The number of anilines is 1. The van der Waals surface area contributed by atoms with Gasteiger partial charge in [0, 0.05) is 54.8 Å². The SMILES string of the molecule is CCC1=C(c2n[nH]c3ccc(C4=CN=CC(CNCc5ccccc5)C4)cc23)Nc2cncc(-c3ccccn3)c2C1. The zero-order chi connectivity index (χ0) is 28.3. The molecule has 2 aliphatic rings. The van der Waals surface area contributed by atoms with Crippen LogP contribution in [0.2, 0.25) is 0 Å². The number of aromatic amines is 1. The molecule has 0 aliphatic carbocycles. The number of allylic oxidation sites excluding steroid dienone is 2. The summed E-state index contributed by atoms with van der Waals surface area (Å²) in [4.78, 5) is 13.8. The second-order valence-corrected chi connectivity index (χ2v) is 10.9. The average Bonchev–Trinajstić information content (AvgIpc) is 3.48. The normalized spacial score (nSPS) is 16.3. The van der Waals surface area contributed by atoms with E-state index < -0.39 is 0 Å². The molecule has 208 valence electrons. The number of aliphatic imine (C=N–C) groups is 1. The summed E-state index contributed by atoms with van der Waals surface area (Å²) in [6, 6.07) is 23.1. The monoisotopic (exact) mass is 551 g/mol. The Kier molecular flexibility index (Phi) is 7.16. The van der Waals surface area contributed by atoms with Crippen LogP contribution in [0.4, 0.5) is 5.69 Å². The first-order valence-electron chi connectivity index (χ1n) is 14.6. The lowest BCUT2D eigenvalue weighted by Gasteiger charge is -2.25. The van der Waals surface area contributed by atoms with E-state index in [9.17, 15) is 0 Å². The molecule has 0 saturated heterocycles. The van der Waals surface area contributed by atoms with Crippen LogP contribution < -0.4 is 10.6 Å². The van der Waals surface area contributed by atoms with Gasteiger partial charge < -0.3 is 10.6 Å². The third-order valence-corrected chi connectivity index (χ3v) is 8.19. The van der Waals surface area contributed by atoms with Gasteiger partial charge in [-0.1, -0.05) is 49.4 Å². The zero-order valence-electron chi connectivity index (χ0n) is 23.6. The Labute approximate surface area is 245 Å². The van der Waals surface area contributed by atoms with Gasteiger partial charge in [0.1, 0.15) is 5.69 Å². The zero-order valence-corrected chi connectivity index (χ0v) is 23.6. The smallest absolute Gasteiger partial charge is 0.116 e. The van der Waals surface area contributed by atoms with Crippen molar-refractivity contribution in [1.82, 2.24) is 25.5 Å². The number of H-pyrrole nitrogens is 1. The summed E-state index contributed by atoms with van der Waals surface area (Å²) >= 11 is 0. The predicted molar refractivity (Wildman–Crippen MR) is 171 cm³/mol. The van der Waals surface area contributed by atoms with Gasteiger partial charge in [0.2, 0.25) is 0 Å². The van der Waals surface area contributed by atoms with Gasteiger partial charge in [-0.05, 0) is 71.4 Å². The number of nitrogens with zero attached hydrogens (tertiary/aromatic N) is 4. The minimum atomic E-state index is 0.347.